The van der Waals surface area contributed by atoms with Gasteiger partial charge in [0.25, 0.3) is 0 Å². The topological polar surface area (TPSA) is 70.2 Å². The van der Waals surface area contributed by atoms with Crippen LogP contribution in [0.3, 0.4) is 0 Å². The van der Waals surface area contributed by atoms with Gasteiger partial charge in [-0.3, -0.25) is 9.59 Å². The number of carbonyl (C=O) groups is 2. The number of amides is 2. The molecular formula is C24H27N3O2. The summed E-state index contributed by atoms with van der Waals surface area (Å²) in [5.41, 5.74) is 3.00. The average molecular weight is 389 g/mol. The zero-order chi connectivity index (χ0) is 20.6. The zero-order valence-corrected chi connectivity index (χ0v) is 16.9. The highest BCUT2D eigenvalue weighted by Gasteiger charge is 2.12. The van der Waals surface area contributed by atoms with Gasteiger partial charge in [-0.2, -0.15) is 0 Å². The number of hydrogen-bond donors (Lipinski definition) is 3. The Morgan fingerprint density at radius 2 is 1.59 bits per heavy atom. The minimum atomic E-state index is -0.235. The van der Waals surface area contributed by atoms with E-state index in [4.69, 9.17) is 0 Å². The van der Waals surface area contributed by atoms with Gasteiger partial charge < -0.3 is 16.0 Å². The Bertz CT molecular complexity index is 995. The largest absolute Gasteiger partial charge is 0.346 e. The summed E-state index contributed by atoms with van der Waals surface area (Å²) in [6.07, 6.45) is 0.832. The SMILES string of the molecule is CCc1ccccc1NC(=O)CNC(=O)CN[C@@H](C)c1cccc2ccccc12. The quantitative estimate of drug-likeness (QED) is 0.549. The lowest BCUT2D eigenvalue weighted by Crippen LogP contribution is -2.39. The number of anilines is 1. The van der Waals surface area contributed by atoms with Crippen LogP contribution in [0.4, 0.5) is 5.69 Å². The van der Waals surface area contributed by atoms with Gasteiger partial charge in [-0.15, -0.1) is 0 Å². The predicted octanol–water partition coefficient (Wildman–Crippen LogP) is 3.81. The minimum absolute atomic E-state index is 0.0112. The van der Waals surface area contributed by atoms with E-state index in [-0.39, 0.29) is 30.9 Å². The fourth-order valence-electron chi connectivity index (χ4n) is 3.37. The summed E-state index contributed by atoms with van der Waals surface area (Å²) in [6, 6.07) is 22.0. The number of rotatable bonds is 8. The van der Waals surface area contributed by atoms with E-state index in [0.717, 1.165) is 23.2 Å². The molecular weight excluding hydrogens is 362 g/mol. The number of aryl methyl sites for hydroxylation is 1. The molecule has 5 nitrogen and oxygen atoms in total. The smallest absolute Gasteiger partial charge is 0.243 e. The van der Waals surface area contributed by atoms with Crippen LogP contribution in [0.2, 0.25) is 0 Å². The van der Waals surface area contributed by atoms with Gasteiger partial charge in [0.15, 0.2) is 0 Å². The standard InChI is InChI=1S/C24H27N3O2/c1-3-18-9-5-7-14-22(18)27-24(29)16-26-23(28)15-25-17(2)20-13-8-11-19-10-4-6-12-21(19)20/h4-14,17,25H,3,15-16H2,1-2H3,(H,26,28)(H,27,29)/t17-/m0/s1. The van der Waals surface area contributed by atoms with Gasteiger partial charge >= 0.3 is 0 Å². The molecule has 2 amide bonds. The average Bonchev–Trinajstić information content (AvgIpc) is 2.76. The molecule has 0 aromatic heterocycles. The van der Waals surface area contributed by atoms with Gasteiger partial charge in [0, 0.05) is 11.7 Å². The molecule has 1 atom stereocenters. The highest BCUT2D eigenvalue weighted by atomic mass is 16.2. The molecule has 0 saturated carbocycles. The second kappa shape index (κ2) is 9.85. The normalized spacial score (nSPS) is 11.8. The van der Waals surface area contributed by atoms with Gasteiger partial charge in [0.1, 0.15) is 0 Å². The number of carbonyl (C=O) groups excluding carboxylic acids is 2. The van der Waals surface area contributed by atoms with E-state index in [2.05, 4.69) is 40.2 Å². The van der Waals surface area contributed by atoms with E-state index < -0.39 is 0 Å². The van der Waals surface area contributed by atoms with Crippen molar-refractivity contribution in [3.05, 3.63) is 77.9 Å². The Balaban J connectivity index is 1.49. The molecule has 0 saturated heterocycles. The van der Waals surface area contributed by atoms with E-state index in [1.54, 1.807) is 0 Å². The van der Waals surface area contributed by atoms with Gasteiger partial charge in [-0.1, -0.05) is 67.6 Å². The highest BCUT2D eigenvalue weighted by Crippen LogP contribution is 2.23. The van der Waals surface area contributed by atoms with Crippen LogP contribution in [0.1, 0.15) is 31.0 Å². The van der Waals surface area contributed by atoms with Gasteiger partial charge in [-0.25, -0.2) is 0 Å². The summed E-state index contributed by atoms with van der Waals surface area (Å²) in [6.45, 7) is 4.16. The number of para-hydroxylation sites is 1. The van der Waals surface area contributed by atoms with Crippen molar-refractivity contribution in [1.82, 2.24) is 10.6 Å². The molecule has 0 spiro atoms. The molecule has 150 valence electrons. The monoisotopic (exact) mass is 389 g/mol. The number of benzene rings is 3. The fourth-order valence-corrected chi connectivity index (χ4v) is 3.37. The number of nitrogens with one attached hydrogen (secondary N) is 3. The van der Waals surface area contributed by atoms with Crippen molar-refractivity contribution < 1.29 is 9.59 Å². The molecule has 0 heterocycles. The van der Waals surface area contributed by atoms with Crippen molar-refractivity contribution >= 4 is 28.3 Å². The summed E-state index contributed by atoms with van der Waals surface area (Å²) in [7, 11) is 0. The first-order chi connectivity index (χ1) is 14.1. The molecule has 0 aliphatic heterocycles. The first-order valence-electron chi connectivity index (χ1n) is 9.94. The summed E-state index contributed by atoms with van der Waals surface area (Å²) in [5.74, 6) is -0.447. The molecule has 0 unspecified atom stereocenters. The Morgan fingerprint density at radius 1 is 0.862 bits per heavy atom. The van der Waals surface area contributed by atoms with Crippen LogP contribution >= 0.6 is 0 Å². The second-order valence-electron chi connectivity index (χ2n) is 7.01. The summed E-state index contributed by atoms with van der Waals surface area (Å²) < 4.78 is 0. The van der Waals surface area contributed by atoms with Crippen LogP contribution in [0.25, 0.3) is 10.8 Å². The summed E-state index contributed by atoms with van der Waals surface area (Å²) in [5, 5.41) is 11.1. The maximum Gasteiger partial charge on any atom is 0.243 e. The first kappa shape index (κ1) is 20.6. The first-order valence-corrected chi connectivity index (χ1v) is 9.94. The summed E-state index contributed by atoms with van der Waals surface area (Å²) in [4.78, 5) is 24.3. The maximum atomic E-state index is 12.2. The zero-order valence-electron chi connectivity index (χ0n) is 16.9. The Hall–Kier alpha value is -3.18. The van der Waals surface area contributed by atoms with E-state index >= 15 is 0 Å². The molecule has 3 N–H and O–H groups in total. The van der Waals surface area contributed by atoms with Gasteiger partial charge in [-0.05, 0) is 41.3 Å². The van der Waals surface area contributed by atoms with E-state index in [0.29, 0.717) is 0 Å². The molecule has 3 aromatic carbocycles. The number of fused-ring (bicyclic) bond motifs is 1. The van der Waals surface area contributed by atoms with Crippen LogP contribution < -0.4 is 16.0 Å². The lowest BCUT2D eigenvalue weighted by atomic mass is 10.00. The fraction of sp³-hybridized carbons (Fsp3) is 0.250. The van der Waals surface area contributed by atoms with E-state index in [1.807, 2.05) is 56.3 Å². The molecule has 3 aromatic rings. The lowest BCUT2D eigenvalue weighted by Gasteiger charge is -2.16. The van der Waals surface area contributed by atoms with Crippen LogP contribution in [-0.2, 0) is 16.0 Å². The third-order valence-corrected chi connectivity index (χ3v) is 4.98. The van der Waals surface area contributed by atoms with Gasteiger partial charge in [0.05, 0.1) is 13.1 Å². The Morgan fingerprint density at radius 3 is 2.41 bits per heavy atom. The van der Waals surface area contributed by atoms with Crippen molar-refractivity contribution in [3.8, 4) is 0 Å². The van der Waals surface area contributed by atoms with Gasteiger partial charge in [0.2, 0.25) is 11.8 Å². The Labute approximate surface area is 171 Å². The molecule has 5 heteroatoms. The van der Waals surface area contributed by atoms with Crippen LogP contribution in [0.15, 0.2) is 66.7 Å². The molecule has 0 bridgehead atoms. The molecule has 0 radical (unpaired) electrons. The molecule has 0 fully saturated rings. The van der Waals surface area contributed by atoms with Crippen molar-refractivity contribution in [2.24, 2.45) is 0 Å². The molecule has 0 aliphatic rings. The van der Waals surface area contributed by atoms with Crippen molar-refractivity contribution in [2.45, 2.75) is 26.3 Å². The van der Waals surface area contributed by atoms with Crippen molar-refractivity contribution in [2.75, 3.05) is 18.4 Å². The molecule has 29 heavy (non-hydrogen) atoms. The predicted molar refractivity (Wildman–Crippen MR) is 118 cm³/mol. The van der Waals surface area contributed by atoms with Crippen molar-refractivity contribution in [1.29, 1.82) is 0 Å². The maximum absolute atomic E-state index is 12.2. The minimum Gasteiger partial charge on any atom is -0.346 e. The Kier molecular flexibility index (Phi) is 6.98. The molecule has 0 aliphatic carbocycles. The van der Waals surface area contributed by atoms with E-state index in [1.165, 1.54) is 10.8 Å². The second-order valence-corrected chi connectivity index (χ2v) is 7.01. The third kappa shape index (κ3) is 5.42. The third-order valence-electron chi connectivity index (χ3n) is 4.98. The lowest BCUT2D eigenvalue weighted by molar-refractivity contribution is -0.123. The van der Waals surface area contributed by atoms with Crippen LogP contribution in [-0.4, -0.2) is 24.9 Å². The summed E-state index contributed by atoms with van der Waals surface area (Å²) >= 11 is 0. The highest BCUT2D eigenvalue weighted by molar-refractivity contribution is 5.95. The van der Waals surface area contributed by atoms with Crippen LogP contribution in [0.5, 0.6) is 0 Å². The molecule has 3 rings (SSSR count). The van der Waals surface area contributed by atoms with E-state index in [9.17, 15) is 9.59 Å². The number of hydrogen-bond acceptors (Lipinski definition) is 3. The van der Waals surface area contributed by atoms with Crippen LogP contribution in [0, 0.1) is 0 Å². The van der Waals surface area contributed by atoms with Crippen molar-refractivity contribution in [3.63, 3.8) is 0 Å².